The lowest BCUT2D eigenvalue weighted by molar-refractivity contribution is 0.415. The summed E-state index contributed by atoms with van der Waals surface area (Å²) in [4.78, 5) is 3.79. The van der Waals surface area contributed by atoms with E-state index in [1.165, 1.54) is 0 Å². The standard InChI is InChI=1S/C9H10N4O3S/c1-16-7-4-2-6(3-5-7)8-11-9(13-12-8)17(10,14)15/h2-5H,1H3,(H2,10,14,15)(H,11,12,13). The van der Waals surface area contributed by atoms with Crippen LogP contribution in [-0.4, -0.2) is 30.7 Å². The van der Waals surface area contributed by atoms with Gasteiger partial charge in [0.25, 0.3) is 15.2 Å². The molecule has 0 bridgehead atoms. The Kier molecular flexibility index (Phi) is 2.82. The van der Waals surface area contributed by atoms with Gasteiger partial charge in [-0.15, -0.1) is 0 Å². The van der Waals surface area contributed by atoms with Crippen LogP contribution in [-0.2, 0) is 10.0 Å². The zero-order chi connectivity index (χ0) is 12.5. The summed E-state index contributed by atoms with van der Waals surface area (Å²) < 4.78 is 27.0. The molecule has 0 aliphatic carbocycles. The van der Waals surface area contributed by atoms with E-state index in [0.717, 1.165) is 0 Å². The van der Waals surface area contributed by atoms with Gasteiger partial charge in [0.15, 0.2) is 5.82 Å². The Morgan fingerprint density at radius 2 is 1.94 bits per heavy atom. The summed E-state index contributed by atoms with van der Waals surface area (Å²) in [7, 11) is -2.30. The van der Waals surface area contributed by atoms with Crippen LogP contribution >= 0.6 is 0 Å². The van der Waals surface area contributed by atoms with Gasteiger partial charge < -0.3 is 4.74 Å². The quantitative estimate of drug-likeness (QED) is 0.808. The first kappa shape index (κ1) is 11.6. The maximum absolute atomic E-state index is 11.0. The molecule has 8 heteroatoms. The van der Waals surface area contributed by atoms with E-state index in [4.69, 9.17) is 9.88 Å². The normalized spacial score (nSPS) is 11.4. The lowest BCUT2D eigenvalue weighted by Crippen LogP contribution is -2.13. The van der Waals surface area contributed by atoms with Crippen LogP contribution in [0.2, 0.25) is 0 Å². The smallest absolute Gasteiger partial charge is 0.273 e. The highest BCUT2D eigenvalue weighted by Gasteiger charge is 2.14. The first-order valence-corrected chi connectivity index (χ1v) is 6.15. The molecule has 7 nitrogen and oxygen atoms in total. The lowest BCUT2D eigenvalue weighted by Gasteiger charge is -1.99. The number of nitrogens with zero attached hydrogens (tertiary/aromatic N) is 2. The molecule has 0 aliphatic rings. The number of hydrogen-bond acceptors (Lipinski definition) is 5. The third kappa shape index (κ3) is 2.43. The third-order valence-electron chi connectivity index (χ3n) is 2.08. The van der Waals surface area contributed by atoms with Crippen LogP contribution in [0.5, 0.6) is 5.75 Å². The number of aromatic amines is 1. The van der Waals surface area contributed by atoms with E-state index in [9.17, 15) is 8.42 Å². The second-order valence-electron chi connectivity index (χ2n) is 3.24. The molecule has 0 amide bonds. The van der Waals surface area contributed by atoms with Crippen LogP contribution in [0.15, 0.2) is 29.4 Å². The van der Waals surface area contributed by atoms with E-state index < -0.39 is 10.0 Å². The predicted molar refractivity (Wildman–Crippen MR) is 59.7 cm³/mol. The molecule has 0 spiro atoms. The summed E-state index contributed by atoms with van der Waals surface area (Å²) in [5.41, 5.74) is 0.664. The first-order chi connectivity index (χ1) is 8.00. The highest BCUT2D eigenvalue weighted by molar-refractivity contribution is 7.89. The zero-order valence-corrected chi connectivity index (χ0v) is 9.73. The Hall–Kier alpha value is -1.93. The van der Waals surface area contributed by atoms with Crippen LogP contribution in [0.1, 0.15) is 0 Å². The summed E-state index contributed by atoms with van der Waals surface area (Å²) in [5.74, 6) is 0.952. The number of aromatic nitrogens is 3. The number of hydrogen-bond donors (Lipinski definition) is 2. The molecule has 90 valence electrons. The van der Waals surface area contributed by atoms with Crippen molar-refractivity contribution in [1.82, 2.24) is 15.2 Å². The second kappa shape index (κ2) is 4.15. The Labute approximate surface area is 97.7 Å². The minimum Gasteiger partial charge on any atom is -0.497 e. The Balaban J connectivity index is 2.37. The number of H-pyrrole nitrogens is 1. The van der Waals surface area contributed by atoms with Crippen LogP contribution in [0.3, 0.4) is 0 Å². The number of nitrogens with one attached hydrogen (secondary N) is 1. The average molecular weight is 254 g/mol. The van der Waals surface area contributed by atoms with Crippen LogP contribution in [0.4, 0.5) is 0 Å². The molecule has 0 saturated heterocycles. The Morgan fingerprint density at radius 1 is 1.29 bits per heavy atom. The Morgan fingerprint density at radius 3 is 2.41 bits per heavy atom. The number of nitrogens with two attached hydrogens (primary N) is 1. The van der Waals surface area contributed by atoms with Crippen molar-refractivity contribution in [2.75, 3.05) is 7.11 Å². The number of rotatable bonds is 3. The molecule has 0 fully saturated rings. The van der Waals surface area contributed by atoms with Gasteiger partial charge >= 0.3 is 0 Å². The van der Waals surface area contributed by atoms with Crippen LogP contribution in [0.25, 0.3) is 11.4 Å². The van der Waals surface area contributed by atoms with Crippen LogP contribution in [0, 0.1) is 0 Å². The molecule has 0 radical (unpaired) electrons. The molecule has 0 aliphatic heterocycles. The molecule has 0 saturated carbocycles. The van der Waals surface area contributed by atoms with E-state index >= 15 is 0 Å². The summed E-state index contributed by atoms with van der Waals surface area (Å²) in [5, 5.41) is 10.6. The lowest BCUT2D eigenvalue weighted by atomic mass is 10.2. The number of methoxy groups -OCH3 is 1. The van der Waals surface area contributed by atoms with Crippen LogP contribution < -0.4 is 9.88 Å². The minimum absolute atomic E-state index is 0.261. The van der Waals surface area contributed by atoms with Crippen molar-refractivity contribution < 1.29 is 13.2 Å². The third-order valence-corrected chi connectivity index (χ3v) is 2.80. The molecular formula is C9H10N4O3S. The summed E-state index contributed by atoms with van der Waals surface area (Å²) in [6.45, 7) is 0. The summed E-state index contributed by atoms with van der Waals surface area (Å²) in [6.07, 6.45) is 0. The van der Waals surface area contributed by atoms with Crippen molar-refractivity contribution in [3.63, 3.8) is 0 Å². The van der Waals surface area contributed by atoms with E-state index in [2.05, 4.69) is 15.2 Å². The van der Waals surface area contributed by atoms with E-state index in [-0.39, 0.29) is 11.0 Å². The van der Waals surface area contributed by atoms with Crippen molar-refractivity contribution in [3.05, 3.63) is 24.3 Å². The topological polar surface area (TPSA) is 111 Å². The van der Waals surface area contributed by atoms with Crippen molar-refractivity contribution in [1.29, 1.82) is 0 Å². The molecule has 17 heavy (non-hydrogen) atoms. The van der Waals surface area contributed by atoms with Gasteiger partial charge in [-0.3, -0.25) is 0 Å². The minimum atomic E-state index is -3.86. The Bertz CT molecular complexity index is 618. The van der Waals surface area contributed by atoms with Gasteiger partial charge in [-0.2, -0.15) is 10.1 Å². The van der Waals surface area contributed by atoms with Crippen molar-refractivity contribution >= 4 is 10.0 Å². The van der Waals surface area contributed by atoms with Crippen molar-refractivity contribution in [3.8, 4) is 17.1 Å². The number of sulfonamides is 1. The molecule has 2 aromatic rings. The number of benzene rings is 1. The first-order valence-electron chi connectivity index (χ1n) is 4.60. The highest BCUT2D eigenvalue weighted by Crippen LogP contribution is 2.19. The summed E-state index contributed by atoms with van der Waals surface area (Å²) in [6, 6.07) is 6.88. The van der Waals surface area contributed by atoms with Gasteiger partial charge in [0.2, 0.25) is 0 Å². The molecule has 2 rings (SSSR count). The molecule has 1 aromatic heterocycles. The van der Waals surface area contributed by atoms with E-state index in [0.29, 0.717) is 11.3 Å². The average Bonchev–Trinajstić information content (AvgIpc) is 2.78. The molecule has 0 unspecified atom stereocenters. The fraction of sp³-hybridized carbons (Fsp3) is 0.111. The largest absolute Gasteiger partial charge is 0.497 e. The van der Waals surface area contributed by atoms with Gasteiger partial charge in [-0.25, -0.2) is 18.7 Å². The molecule has 0 atom stereocenters. The van der Waals surface area contributed by atoms with Crippen molar-refractivity contribution in [2.45, 2.75) is 5.16 Å². The molecule has 1 aromatic carbocycles. The summed E-state index contributed by atoms with van der Waals surface area (Å²) >= 11 is 0. The van der Waals surface area contributed by atoms with Crippen molar-refractivity contribution in [2.24, 2.45) is 5.14 Å². The van der Waals surface area contributed by atoms with Gasteiger partial charge in [-0.1, -0.05) is 0 Å². The monoisotopic (exact) mass is 254 g/mol. The maximum atomic E-state index is 11.0. The fourth-order valence-electron chi connectivity index (χ4n) is 1.24. The fourth-order valence-corrected chi connectivity index (χ4v) is 1.63. The van der Waals surface area contributed by atoms with Gasteiger partial charge in [0.1, 0.15) is 5.75 Å². The number of ether oxygens (including phenoxy) is 1. The highest BCUT2D eigenvalue weighted by atomic mass is 32.2. The zero-order valence-electron chi connectivity index (χ0n) is 8.91. The molecule has 1 heterocycles. The molecular weight excluding hydrogens is 244 g/mol. The van der Waals surface area contributed by atoms with E-state index in [1.807, 2.05) is 0 Å². The van der Waals surface area contributed by atoms with E-state index in [1.54, 1.807) is 31.4 Å². The number of primary sulfonamides is 1. The van der Waals surface area contributed by atoms with Gasteiger partial charge in [0.05, 0.1) is 7.11 Å². The second-order valence-corrected chi connectivity index (χ2v) is 4.71. The maximum Gasteiger partial charge on any atom is 0.273 e. The van der Waals surface area contributed by atoms with Gasteiger partial charge in [0, 0.05) is 5.56 Å². The molecule has 3 N–H and O–H groups in total. The van der Waals surface area contributed by atoms with Gasteiger partial charge in [-0.05, 0) is 24.3 Å². The SMILES string of the molecule is COc1ccc(-c2n[nH]c(S(N)(=O)=O)n2)cc1. The predicted octanol–water partition coefficient (Wildman–Crippen LogP) is 0.128.